The average molecular weight is 306 g/mol. The van der Waals surface area contributed by atoms with Crippen LogP contribution in [0.2, 0.25) is 0 Å². The van der Waals surface area contributed by atoms with Crippen LogP contribution >= 0.6 is 12.2 Å². The molecule has 0 radical (unpaired) electrons. The number of rotatable bonds is 2. The van der Waals surface area contributed by atoms with Gasteiger partial charge in [-0.1, -0.05) is 54.1 Å². The molecule has 0 aliphatic carbocycles. The minimum Gasteiger partial charge on any atom is -0.332 e. The molecule has 0 amide bonds. The molecule has 0 fully saturated rings. The molecular weight excluding hydrogens is 288 g/mol. The lowest BCUT2D eigenvalue weighted by molar-refractivity contribution is 1.38. The second kappa shape index (κ2) is 6.16. The van der Waals surface area contributed by atoms with Gasteiger partial charge in [0.05, 0.1) is 0 Å². The maximum atomic E-state index is 5.45. The Balaban J connectivity index is 1.81. The molecule has 0 atom stereocenters. The Morgan fingerprint density at radius 3 is 2.36 bits per heavy atom. The first kappa shape index (κ1) is 14.5. The van der Waals surface area contributed by atoms with Crippen LogP contribution in [-0.2, 0) is 0 Å². The van der Waals surface area contributed by atoms with Crippen molar-refractivity contribution in [1.82, 2.24) is 0 Å². The molecule has 0 bridgehead atoms. The Morgan fingerprint density at radius 1 is 0.818 bits per heavy atom. The number of nitrogens with one attached hydrogen (secondary N) is 2. The van der Waals surface area contributed by atoms with Crippen molar-refractivity contribution < 1.29 is 0 Å². The van der Waals surface area contributed by atoms with Crippen molar-refractivity contribution in [2.45, 2.75) is 13.8 Å². The quantitative estimate of drug-likeness (QED) is 0.631. The standard InChI is InChI=1S/C19H18N2S/c1-13-10-11-17(14(2)12-13)20-19(22)21-18-9-5-7-15-6-3-4-8-16(15)18/h3-12H,1-2H3,(H2,20,21,22). The van der Waals surface area contributed by atoms with Crippen LogP contribution in [-0.4, -0.2) is 5.11 Å². The molecule has 0 spiro atoms. The van der Waals surface area contributed by atoms with E-state index in [9.17, 15) is 0 Å². The van der Waals surface area contributed by atoms with Gasteiger partial charge in [-0.25, -0.2) is 0 Å². The second-order valence-corrected chi connectivity index (χ2v) is 5.83. The van der Waals surface area contributed by atoms with E-state index in [4.69, 9.17) is 12.2 Å². The van der Waals surface area contributed by atoms with E-state index >= 15 is 0 Å². The summed E-state index contributed by atoms with van der Waals surface area (Å²) in [6.45, 7) is 4.17. The lowest BCUT2D eigenvalue weighted by Crippen LogP contribution is -2.19. The highest BCUT2D eigenvalue weighted by Crippen LogP contribution is 2.23. The van der Waals surface area contributed by atoms with Gasteiger partial charge >= 0.3 is 0 Å². The van der Waals surface area contributed by atoms with Crippen LogP contribution < -0.4 is 10.6 Å². The molecule has 3 rings (SSSR count). The number of anilines is 2. The van der Waals surface area contributed by atoms with Gasteiger partial charge in [-0.2, -0.15) is 0 Å². The summed E-state index contributed by atoms with van der Waals surface area (Å²) in [4.78, 5) is 0. The van der Waals surface area contributed by atoms with E-state index in [-0.39, 0.29) is 0 Å². The maximum Gasteiger partial charge on any atom is 0.175 e. The minimum absolute atomic E-state index is 0.600. The maximum absolute atomic E-state index is 5.45. The summed E-state index contributed by atoms with van der Waals surface area (Å²) in [7, 11) is 0. The lowest BCUT2D eigenvalue weighted by atomic mass is 10.1. The number of hydrogen-bond donors (Lipinski definition) is 2. The first-order valence-corrected chi connectivity index (χ1v) is 7.67. The molecule has 110 valence electrons. The second-order valence-electron chi connectivity index (χ2n) is 5.42. The Bertz CT molecular complexity index is 834. The fraction of sp³-hybridized carbons (Fsp3) is 0.105. The summed E-state index contributed by atoms with van der Waals surface area (Å²) in [6.07, 6.45) is 0. The Labute approximate surface area is 136 Å². The van der Waals surface area contributed by atoms with Crippen molar-refractivity contribution in [3.05, 3.63) is 71.8 Å². The topological polar surface area (TPSA) is 24.1 Å². The number of hydrogen-bond acceptors (Lipinski definition) is 1. The fourth-order valence-electron chi connectivity index (χ4n) is 2.56. The Hall–Kier alpha value is -2.39. The molecule has 0 heterocycles. The summed E-state index contributed by atoms with van der Waals surface area (Å²) in [5.41, 5.74) is 4.47. The van der Waals surface area contributed by atoms with Gasteiger partial charge in [-0.3, -0.25) is 0 Å². The minimum atomic E-state index is 0.600. The number of fused-ring (bicyclic) bond motifs is 1. The van der Waals surface area contributed by atoms with Gasteiger partial charge in [0.25, 0.3) is 0 Å². The lowest BCUT2D eigenvalue weighted by Gasteiger charge is -2.14. The van der Waals surface area contributed by atoms with Gasteiger partial charge in [0.2, 0.25) is 0 Å². The SMILES string of the molecule is Cc1ccc(NC(=S)Nc2cccc3ccccc23)c(C)c1. The summed E-state index contributed by atoms with van der Waals surface area (Å²) in [6, 6.07) is 20.7. The average Bonchev–Trinajstić information content (AvgIpc) is 2.50. The third-order valence-corrected chi connectivity index (χ3v) is 3.87. The number of aryl methyl sites for hydroxylation is 2. The molecule has 2 N–H and O–H groups in total. The predicted molar refractivity (Wildman–Crippen MR) is 99.7 cm³/mol. The summed E-state index contributed by atoms with van der Waals surface area (Å²) < 4.78 is 0. The summed E-state index contributed by atoms with van der Waals surface area (Å²) >= 11 is 5.45. The molecule has 0 saturated heterocycles. The summed E-state index contributed by atoms with van der Waals surface area (Å²) in [5.74, 6) is 0. The summed E-state index contributed by atoms with van der Waals surface area (Å²) in [5, 5.41) is 9.52. The molecule has 0 aromatic heterocycles. The van der Waals surface area contributed by atoms with Crippen molar-refractivity contribution >= 4 is 39.5 Å². The van der Waals surface area contributed by atoms with Crippen molar-refractivity contribution in [3.8, 4) is 0 Å². The fourth-order valence-corrected chi connectivity index (χ4v) is 2.78. The van der Waals surface area contributed by atoms with E-state index in [0.29, 0.717) is 5.11 Å². The van der Waals surface area contributed by atoms with Crippen LogP contribution in [0.5, 0.6) is 0 Å². The van der Waals surface area contributed by atoms with Crippen molar-refractivity contribution in [2.75, 3.05) is 10.6 Å². The Morgan fingerprint density at radius 2 is 1.55 bits per heavy atom. The predicted octanol–water partition coefficient (Wildman–Crippen LogP) is 5.27. The largest absolute Gasteiger partial charge is 0.332 e. The number of thiocarbonyl (C=S) groups is 1. The van der Waals surface area contributed by atoms with Gasteiger partial charge < -0.3 is 10.6 Å². The monoisotopic (exact) mass is 306 g/mol. The molecule has 22 heavy (non-hydrogen) atoms. The van der Waals surface area contributed by atoms with Gasteiger partial charge in [-0.15, -0.1) is 0 Å². The zero-order valence-electron chi connectivity index (χ0n) is 12.7. The molecule has 0 aliphatic rings. The van der Waals surface area contributed by atoms with Crippen LogP contribution in [0.25, 0.3) is 10.8 Å². The van der Waals surface area contributed by atoms with Crippen LogP contribution in [0.1, 0.15) is 11.1 Å². The molecule has 2 nitrogen and oxygen atoms in total. The first-order valence-electron chi connectivity index (χ1n) is 7.26. The van der Waals surface area contributed by atoms with Crippen LogP contribution in [0.3, 0.4) is 0 Å². The molecule has 3 heteroatoms. The van der Waals surface area contributed by atoms with Crippen LogP contribution in [0.4, 0.5) is 11.4 Å². The highest BCUT2D eigenvalue weighted by molar-refractivity contribution is 7.80. The van der Waals surface area contributed by atoms with Gasteiger partial charge in [0, 0.05) is 16.8 Å². The van der Waals surface area contributed by atoms with E-state index in [2.05, 4.69) is 60.9 Å². The molecule has 0 unspecified atom stereocenters. The van der Waals surface area contributed by atoms with Crippen LogP contribution in [0.15, 0.2) is 60.7 Å². The number of benzene rings is 3. The van der Waals surface area contributed by atoms with Gasteiger partial charge in [-0.05, 0) is 49.1 Å². The first-order chi connectivity index (χ1) is 10.6. The molecular formula is C19H18N2S. The van der Waals surface area contributed by atoms with E-state index < -0.39 is 0 Å². The molecule has 0 aliphatic heterocycles. The Kier molecular flexibility index (Phi) is 4.07. The zero-order chi connectivity index (χ0) is 15.5. The smallest absolute Gasteiger partial charge is 0.175 e. The third kappa shape index (κ3) is 3.10. The molecule has 0 saturated carbocycles. The molecule has 3 aromatic rings. The van der Waals surface area contributed by atoms with Gasteiger partial charge in [0.15, 0.2) is 5.11 Å². The van der Waals surface area contributed by atoms with Crippen molar-refractivity contribution in [2.24, 2.45) is 0 Å². The highest BCUT2D eigenvalue weighted by atomic mass is 32.1. The highest BCUT2D eigenvalue weighted by Gasteiger charge is 2.04. The van der Waals surface area contributed by atoms with E-state index in [0.717, 1.165) is 16.8 Å². The van der Waals surface area contributed by atoms with Crippen molar-refractivity contribution in [3.63, 3.8) is 0 Å². The zero-order valence-corrected chi connectivity index (χ0v) is 13.5. The van der Waals surface area contributed by atoms with E-state index in [1.165, 1.54) is 16.5 Å². The van der Waals surface area contributed by atoms with Crippen molar-refractivity contribution in [1.29, 1.82) is 0 Å². The van der Waals surface area contributed by atoms with E-state index in [1.807, 2.05) is 24.3 Å². The van der Waals surface area contributed by atoms with E-state index in [1.54, 1.807) is 0 Å². The molecule has 3 aromatic carbocycles. The third-order valence-electron chi connectivity index (χ3n) is 3.67. The van der Waals surface area contributed by atoms with Gasteiger partial charge in [0.1, 0.15) is 0 Å². The normalized spacial score (nSPS) is 10.5. The van der Waals surface area contributed by atoms with Crippen LogP contribution in [0, 0.1) is 13.8 Å².